The van der Waals surface area contributed by atoms with Gasteiger partial charge in [0.25, 0.3) is 5.69 Å². The van der Waals surface area contributed by atoms with E-state index in [4.69, 9.17) is 23.2 Å². The average molecular weight is 445 g/mol. The maximum atomic E-state index is 12.6. The summed E-state index contributed by atoms with van der Waals surface area (Å²) in [6.45, 7) is 3.92. The molecule has 11 heteroatoms. The predicted molar refractivity (Wildman–Crippen MR) is 111 cm³/mol. The fourth-order valence-electron chi connectivity index (χ4n) is 2.40. The van der Waals surface area contributed by atoms with Gasteiger partial charge in [-0.3, -0.25) is 15.5 Å². The molecule has 2 aromatic rings. The SMILES string of the molecule is CCN(CC)S(=O)(=O)c1ccc(NN=Cc2ccc(Cl)c(Cl)c2)c([N+](=O)[O-])c1. The Morgan fingerprint density at radius 1 is 1.14 bits per heavy atom. The lowest BCUT2D eigenvalue weighted by Gasteiger charge is -2.18. The molecule has 0 spiro atoms. The van der Waals surface area contributed by atoms with Gasteiger partial charge in [0.15, 0.2) is 0 Å². The maximum absolute atomic E-state index is 12.6. The Morgan fingerprint density at radius 2 is 1.82 bits per heavy atom. The largest absolute Gasteiger partial charge is 0.295 e. The lowest BCUT2D eigenvalue weighted by Crippen LogP contribution is -2.30. The zero-order valence-corrected chi connectivity index (χ0v) is 17.4. The number of nitro groups is 1. The highest BCUT2D eigenvalue weighted by Gasteiger charge is 2.25. The highest BCUT2D eigenvalue weighted by Crippen LogP contribution is 2.29. The molecular weight excluding hydrogens is 427 g/mol. The molecule has 0 fully saturated rings. The molecule has 150 valence electrons. The molecule has 0 heterocycles. The number of sulfonamides is 1. The van der Waals surface area contributed by atoms with Gasteiger partial charge in [0.1, 0.15) is 5.69 Å². The standard InChI is InChI=1S/C17H18Cl2N4O4S/c1-3-22(4-2)28(26,27)13-6-8-16(17(10-13)23(24)25)21-20-11-12-5-7-14(18)15(19)9-12/h5-11,21H,3-4H2,1-2H3. The Balaban J connectivity index is 2.31. The number of rotatable bonds is 8. The Labute approximate surface area is 173 Å². The molecule has 28 heavy (non-hydrogen) atoms. The normalized spacial score (nSPS) is 11.9. The lowest BCUT2D eigenvalue weighted by molar-refractivity contribution is -0.384. The number of anilines is 1. The van der Waals surface area contributed by atoms with Gasteiger partial charge < -0.3 is 0 Å². The van der Waals surface area contributed by atoms with Crippen LogP contribution in [0.25, 0.3) is 0 Å². The van der Waals surface area contributed by atoms with E-state index in [2.05, 4.69) is 10.5 Å². The minimum Gasteiger partial charge on any atom is -0.272 e. The molecule has 2 aromatic carbocycles. The van der Waals surface area contributed by atoms with Gasteiger partial charge in [-0.1, -0.05) is 43.1 Å². The second-order valence-electron chi connectivity index (χ2n) is 5.57. The van der Waals surface area contributed by atoms with Gasteiger partial charge >= 0.3 is 0 Å². The van der Waals surface area contributed by atoms with Crippen LogP contribution in [-0.2, 0) is 10.0 Å². The van der Waals surface area contributed by atoms with Crippen molar-refractivity contribution in [3.63, 3.8) is 0 Å². The molecule has 0 amide bonds. The number of hydrazone groups is 1. The molecule has 0 saturated carbocycles. The first-order valence-electron chi connectivity index (χ1n) is 8.23. The molecule has 1 N–H and O–H groups in total. The molecule has 0 saturated heterocycles. The first-order valence-corrected chi connectivity index (χ1v) is 10.4. The van der Waals surface area contributed by atoms with E-state index in [1.807, 2.05) is 0 Å². The van der Waals surface area contributed by atoms with Crippen molar-refractivity contribution in [2.24, 2.45) is 5.10 Å². The van der Waals surface area contributed by atoms with E-state index in [1.165, 1.54) is 22.7 Å². The van der Waals surface area contributed by atoms with Gasteiger partial charge in [0, 0.05) is 19.2 Å². The monoisotopic (exact) mass is 444 g/mol. The van der Waals surface area contributed by atoms with Gasteiger partial charge in [-0.25, -0.2) is 8.42 Å². The Hall–Kier alpha value is -2.20. The number of halogens is 2. The van der Waals surface area contributed by atoms with Crippen LogP contribution in [0.4, 0.5) is 11.4 Å². The third kappa shape index (κ3) is 4.99. The van der Waals surface area contributed by atoms with Gasteiger partial charge in [0.05, 0.1) is 26.1 Å². The average Bonchev–Trinajstić information content (AvgIpc) is 2.65. The minimum absolute atomic E-state index is 0.0554. The van der Waals surface area contributed by atoms with Crippen LogP contribution in [-0.4, -0.2) is 37.0 Å². The van der Waals surface area contributed by atoms with Gasteiger partial charge in [0.2, 0.25) is 10.0 Å². The summed E-state index contributed by atoms with van der Waals surface area (Å²) in [6, 6.07) is 8.49. The van der Waals surface area contributed by atoms with Crippen LogP contribution < -0.4 is 5.43 Å². The van der Waals surface area contributed by atoms with E-state index in [0.717, 1.165) is 6.07 Å². The topological polar surface area (TPSA) is 105 Å². The van der Waals surface area contributed by atoms with Crippen LogP contribution in [0.15, 0.2) is 46.4 Å². The van der Waals surface area contributed by atoms with Crippen LogP contribution in [0, 0.1) is 10.1 Å². The van der Waals surface area contributed by atoms with E-state index in [-0.39, 0.29) is 23.7 Å². The van der Waals surface area contributed by atoms with Crippen molar-refractivity contribution < 1.29 is 13.3 Å². The van der Waals surface area contributed by atoms with Crippen molar-refractivity contribution >= 4 is 50.8 Å². The van der Waals surface area contributed by atoms with Crippen LogP contribution in [0.3, 0.4) is 0 Å². The Kier molecular flexibility index (Phi) is 7.36. The highest BCUT2D eigenvalue weighted by atomic mass is 35.5. The predicted octanol–water partition coefficient (Wildman–Crippen LogP) is 4.38. The fraction of sp³-hybridized carbons (Fsp3) is 0.235. The number of nitrogens with one attached hydrogen (secondary N) is 1. The van der Waals surface area contributed by atoms with Crippen LogP contribution in [0.2, 0.25) is 10.0 Å². The minimum atomic E-state index is -3.81. The summed E-state index contributed by atoms with van der Waals surface area (Å²) in [5, 5.41) is 16.1. The summed E-state index contributed by atoms with van der Waals surface area (Å²) in [5.41, 5.74) is 2.84. The molecule has 0 bridgehead atoms. The first kappa shape index (κ1) is 22.1. The first-order chi connectivity index (χ1) is 13.2. The Morgan fingerprint density at radius 3 is 2.39 bits per heavy atom. The molecule has 0 atom stereocenters. The summed E-state index contributed by atoms with van der Waals surface area (Å²) in [5.74, 6) is 0. The van der Waals surface area contributed by atoms with E-state index in [1.54, 1.807) is 32.0 Å². The van der Waals surface area contributed by atoms with Crippen molar-refractivity contribution in [3.05, 3.63) is 62.1 Å². The quantitative estimate of drug-likeness (QED) is 0.369. The van der Waals surface area contributed by atoms with Crippen molar-refractivity contribution in [1.29, 1.82) is 0 Å². The third-order valence-corrected chi connectivity index (χ3v) is 6.64. The fourth-order valence-corrected chi connectivity index (χ4v) is 4.18. The van der Waals surface area contributed by atoms with Gasteiger partial charge in [-0.2, -0.15) is 9.41 Å². The van der Waals surface area contributed by atoms with E-state index in [9.17, 15) is 18.5 Å². The van der Waals surface area contributed by atoms with Crippen LogP contribution >= 0.6 is 23.2 Å². The number of nitrogens with zero attached hydrogens (tertiary/aromatic N) is 3. The molecule has 8 nitrogen and oxygen atoms in total. The van der Waals surface area contributed by atoms with Crippen molar-refractivity contribution in [2.75, 3.05) is 18.5 Å². The molecule has 0 aliphatic heterocycles. The zero-order valence-electron chi connectivity index (χ0n) is 15.1. The van der Waals surface area contributed by atoms with Gasteiger partial charge in [-0.15, -0.1) is 0 Å². The van der Waals surface area contributed by atoms with Crippen LogP contribution in [0.5, 0.6) is 0 Å². The molecule has 0 aromatic heterocycles. The molecule has 0 radical (unpaired) electrons. The second kappa shape index (κ2) is 9.33. The number of benzene rings is 2. The smallest absolute Gasteiger partial charge is 0.272 e. The van der Waals surface area contributed by atoms with Crippen LogP contribution in [0.1, 0.15) is 19.4 Å². The molecular formula is C17H18Cl2N4O4S. The van der Waals surface area contributed by atoms with E-state index < -0.39 is 20.6 Å². The summed E-state index contributed by atoms with van der Waals surface area (Å²) in [7, 11) is -3.81. The van der Waals surface area contributed by atoms with E-state index in [0.29, 0.717) is 15.6 Å². The highest BCUT2D eigenvalue weighted by molar-refractivity contribution is 7.89. The van der Waals surface area contributed by atoms with Crippen molar-refractivity contribution in [3.8, 4) is 0 Å². The number of hydrogen-bond acceptors (Lipinski definition) is 6. The van der Waals surface area contributed by atoms with Crippen molar-refractivity contribution in [2.45, 2.75) is 18.7 Å². The summed E-state index contributed by atoms with van der Waals surface area (Å²) >= 11 is 11.8. The maximum Gasteiger partial charge on any atom is 0.295 e. The molecule has 2 rings (SSSR count). The molecule has 0 unspecified atom stereocenters. The Bertz CT molecular complexity index is 1010. The summed E-state index contributed by atoms with van der Waals surface area (Å²) < 4.78 is 26.4. The van der Waals surface area contributed by atoms with Gasteiger partial charge in [-0.05, 0) is 29.8 Å². The third-order valence-electron chi connectivity index (χ3n) is 3.85. The molecule has 0 aliphatic carbocycles. The zero-order chi connectivity index (χ0) is 20.9. The summed E-state index contributed by atoms with van der Waals surface area (Å²) in [4.78, 5) is 10.6. The van der Waals surface area contributed by atoms with E-state index >= 15 is 0 Å². The lowest BCUT2D eigenvalue weighted by atomic mass is 10.2. The van der Waals surface area contributed by atoms with Crippen molar-refractivity contribution in [1.82, 2.24) is 4.31 Å². The summed E-state index contributed by atoms with van der Waals surface area (Å²) in [6.07, 6.45) is 1.41. The number of hydrogen-bond donors (Lipinski definition) is 1. The second-order valence-corrected chi connectivity index (χ2v) is 8.32. The number of nitro benzene ring substituents is 1. The molecule has 0 aliphatic rings.